The second kappa shape index (κ2) is 6.10. The van der Waals surface area contributed by atoms with Crippen molar-refractivity contribution in [2.75, 3.05) is 20.8 Å². The van der Waals surface area contributed by atoms with E-state index < -0.39 is 18.4 Å². The molecule has 4 atom stereocenters. The highest BCUT2D eigenvalue weighted by molar-refractivity contribution is 5.86. The number of fused-ring (bicyclic) bond motifs is 1. The van der Waals surface area contributed by atoms with Gasteiger partial charge in [0.05, 0.1) is 6.61 Å². The van der Waals surface area contributed by atoms with E-state index in [-0.39, 0.29) is 6.10 Å². The van der Waals surface area contributed by atoms with Gasteiger partial charge in [-0.2, -0.15) is 0 Å². The summed E-state index contributed by atoms with van der Waals surface area (Å²) < 4.78 is 31.0. The number of benzene rings is 2. The lowest BCUT2D eigenvalue weighted by Gasteiger charge is -2.16. The largest absolute Gasteiger partial charge is 0.382 e. The zero-order valence-electron chi connectivity index (χ0n) is 12.2. The molecular weight excluding hydrogens is 271 g/mol. The average molecular weight is 290 g/mol. The molecule has 2 aromatic carbocycles. The third-order valence-corrected chi connectivity index (χ3v) is 4.02. The molecule has 112 valence electrons. The van der Waals surface area contributed by atoms with Crippen LogP contribution in [0.2, 0.25) is 0 Å². The lowest BCUT2D eigenvalue weighted by Crippen LogP contribution is -2.33. The van der Waals surface area contributed by atoms with E-state index in [1.807, 2.05) is 42.5 Å². The topological polar surface area (TPSA) is 27.7 Å². The first kappa shape index (κ1) is 14.4. The van der Waals surface area contributed by atoms with Crippen molar-refractivity contribution in [3.05, 3.63) is 48.0 Å². The Kier molecular flexibility index (Phi) is 4.19. The number of alkyl halides is 1. The molecule has 0 aliphatic carbocycles. The molecule has 0 aromatic heterocycles. The van der Waals surface area contributed by atoms with Crippen molar-refractivity contribution in [1.29, 1.82) is 0 Å². The number of rotatable bonds is 4. The van der Waals surface area contributed by atoms with Crippen molar-refractivity contribution in [3.8, 4) is 0 Å². The molecule has 2 aromatic rings. The van der Waals surface area contributed by atoms with Crippen molar-refractivity contribution in [2.24, 2.45) is 0 Å². The van der Waals surface area contributed by atoms with E-state index in [9.17, 15) is 4.39 Å². The van der Waals surface area contributed by atoms with Crippen LogP contribution in [0.1, 0.15) is 11.7 Å². The predicted molar refractivity (Wildman–Crippen MR) is 79.1 cm³/mol. The molecule has 0 spiro atoms. The minimum Gasteiger partial charge on any atom is -0.382 e. The first-order chi connectivity index (χ1) is 10.3. The van der Waals surface area contributed by atoms with E-state index in [2.05, 4.69) is 0 Å². The Balaban J connectivity index is 1.99. The molecule has 3 rings (SSSR count). The van der Waals surface area contributed by atoms with Crippen molar-refractivity contribution >= 4 is 10.8 Å². The van der Waals surface area contributed by atoms with Crippen LogP contribution in [0.5, 0.6) is 0 Å². The summed E-state index contributed by atoms with van der Waals surface area (Å²) in [4.78, 5) is 0. The van der Waals surface area contributed by atoms with Crippen LogP contribution in [0.15, 0.2) is 42.5 Å². The van der Waals surface area contributed by atoms with Crippen molar-refractivity contribution < 1.29 is 18.6 Å². The summed E-state index contributed by atoms with van der Waals surface area (Å²) in [5.41, 5.74) is 0.862. The van der Waals surface area contributed by atoms with Crippen molar-refractivity contribution in [3.63, 3.8) is 0 Å². The summed E-state index contributed by atoms with van der Waals surface area (Å²) in [6, 6.07) is 13.8. The number of halogens is 1. The lowest BCUT2D eigenvalue weighted by molar-refractivity contribution is -0.0447. The highest BCUT2D eigenvalue weighted by atomic mass is 19.1. The summed E-state index contributed by atoms with van der Waals surface area (Å²) in [5.74, 6) is 0. The van der Waals surface area contributed by atoms with Gasteiger partial charge >= 0.3 is 0 Å². The van der Waals surface area contributed by atoms with Gasteiger partial charge in [0, 0.05) is 14.2 Å². The maximum atomic E-state index is 14.7. The van der Waals surface area contributed by atoms with Crippen LogP contribution in [0.4, 0.5) is 4.39 Å². The lowest BCUT2D eigenvalue weighted by atomic mass is 9.97. The molecule has 0 bridgehead atoms. The normalized spacial score (nSPS) is 29.1. The zero-order valence-corrected chi connectivity index (χ0v) is 12.2. The Bertz CT molecular complexity index is 611. The zero-order chi connectivity index (χ0) is 14.8. The van der Waals surface area contributed by atoms with Gasteiger partial charge in [-0.05, 0) is 16.3 Å². The van der Waals surface area contributed by atoms with Gasteiger partial charge in [-0.3, -0.25) is 0 Å². The standard InChI is InChI=1S/C17H19FO3/c1-19-10-14-17(20-2)15(18)16(21-14)13-9-5-7-11-6-3-4-8-12(11)13/h3-9,14-17H,10H2,1-2H3/t14-,15+,16+,17-/m1/s1. The second-order valence-corrected chi connectivity index (χ2v) is 5.26. The summed E-state index contributed by atoms with van der Waals surface area (Å²) in [5, 5.41) is 2.09. The van der Waals surface area contributed by atoms with Crippen LogP contribution < -0.4 is 0 Å². The minimum atomic E-state index is -1.21. The summed E-state index contributed by atoms with van der Waals surface area (Å²) in [6.45, 7) is 0.320. The van der Waals surface area contributed by atoms with E-state index in [4.69, 9.17) is 14.2 Å². The summed E-state index contributed by atoms with van der Waals surface area (Å²) in [7, 11) is 3.09. The van der Waals surface area contributed by atoms with Gasteiger partial charge in [0.2, 0.25) is 0 Å². The molecule has 0 amide bonds. The van der Waals surface area contributed by atoms with E-state index >= 15 is 0 Å². The molecule has 1 aliphatic rings. The van der Waals surface area contributed by atoms with Crippen molar-refractivity contribution in [1.82, 2.24) is 0 Å². The summed E-state index contributed by atoms with van der Waals surface area (Å²) >= 11 is 0. The van der Waals surface area contributed by atoms with Crippen LogP contribution in [0, 0.1) is 0 Å². The Morgan fingerprint density at radius 1 is 1.10 bits per heavy atom. The van der Waals surface area contributed by atoms with Gasteiger partial charge in [0.1, 0.15) is 18.3 Å². The first-order valence-corrected chi connectivity index (χ1v) is 7.05. The Labute approximate surface area is 123 Å². The van der Waals surface area contributed by atoms with E-state index in [0.717, 1.165) is 16.3 Å². The quantitative estimate of drug-likeness (QED) is 0.865. The highest BCUT2D eigenvalue weighted by Gasteiger charge is 2.46. The first-order valence-electron chi connectivity index (χ1n) is 7.05. The number of hydrogen-bond acceptors (Lipinski definition) is 3. The second-order valence-electron chi connectivity index (χ2n) is 5.26. The monoisotopic (exact) mass is 290 g/mol. The maximum Gasteiger partial charge on any atom is 0.159 e. The molecule has 1 fully saturated rings. The van der Waals surface area contributed by atoms with Gasteiger partial charge in [-0.1, -0.05) is 42.5 Å². The highest BCUT2D eigenvalue weighted by Crippen LogP contribution is 2.39. The molecule has 0 unspecified atom stereocenters. The smallest absolute Gasteiger partial charge is 0.159 e. The number of hydrogen-bond donors (Lipinski definition) is 0. The molecule has 0 saturated carbocycles. The Hall–Kier alpha value is -1.49. The summed E-state index contributed by atoms with van der Waals surface area (Å²) in [6.07, 6.45) is -2.82. The Morgan fingerprint density at radius 3 is 2.62 bits per heavy atom. The molecule has 1 saturated heterocycles. The third kappa shape index (κ3) is 2.55. The molecule has 21 heavy (non-hydrogen) atoms. The van der Waals surface area contributed by atoms with Crippen LogP contribution >= 0.6 is 0 Å². The predicted octanol–water partition coefficient (Wildman–Crippen LogP) is 3.28. The van der Waals surface area contributed by atoms with Gasteiger partial charge < -0.3 is 14.2 Å². The fraction of sp³-hybridized carbons (Fsp3) is 0.412. The maximum absolute atomic E-state index is 14.7. The average Bonchev–Trinajstić information content (AvgIpc) is 2.83. The van der Waals surface area contributed by atoms with E-state index in [1.54, 1.807) is 7.11 Å². The molecule has 4 heteroatoms. The third-order valence-electron chi connectivity index (χ3n) is 4.02. The van der Waals surface area contributed by atoms with Crippen LogP contribution in [0.3, 0.4) is 0 Å². The number of methoxy groups -OCH3 is 2. The fourth-order valence-electron chi connectivity index (χ4n) is 3.04. The molecular formula is C17H19FO3. The van der Waals surface area contributed by atoms with E-state index in [1.165, 1.54) is 7.11 Å². The van der Waals surface area contributed by atoms with Crippen LogP contribution in [-0.4, -0.2) is 39.2 Å². The van der Waals surface area contributed by atoms with Gasteiger partial charge in [-0.25, -0.2) is 4.39 Å². The van der Waals surface area contributed by atoms with E-state index in [0.29, 0.717) is 6.61 Å². The van der Waals surface area contributed by atoms with Gasteiger partial charge in [-0.15, -0.1) is 0 Å². The van der Waals surface area contributed by atoms with Gasteiger partial charge in [0.15, 0.2) is 6.17 Å². The molecule has 1 aliphatic heterocycles. The molecule has 0 radical (unpaired) electrons. The van der Waals surface area contributed by atoms with Gasteiger partial charge in [0.25, 0.3) is 0 Å². The minimum absolute atomic E-state index is 0.320. The van der Waals surface area contributed by atoms with Crippen LogP contribution in [0.25, 0.3) is 10.8 Å². The molecule has 1 heterocycles. The Morgan fingerprint density at radius 2 is 1.86 bits per heavy atom. The van der Waals surface area contributed by atoms with Crippen molar-refractivity contribution in [2.45, 2.75) is 24.5 Å². The molecule has 0 N–H and O–H groups in total. The number of ether oxygens (including phenoxy) is 3. The fourth-order valence-corrected chi connectivity index (χ4v) is 3.04. The van der Waals surface area contributed by atoms with Crippen LogP contribution in [-0.2, 0) is 14.2 Å². The molecule has 3 nitrogen and oxygen atoms in total. The SMILES string of the molecule is COC[C@H]1O[C@@H](c2cccc3ccccc23)[C@H](F)[C@@H]1OC.